The lowest BCUT2D eigenvalue weighted by Gasteiger charge is -2.09. The van der Waals surface area contributed by atoms with Crippen molar-refractivity contribution < 1.29 is 10.2 Å². The van der Waals surface area contributed by atoms with Crippen molar-refractivity contribution in [2.75, 3.05) is 5.75 Å². The van der Waals surface area contributed by atoms with E-state index in [2.05, 4.69) is 28.2 Å². The number of aromatic hydroxyl groups is 2. The second-order valence-corrected chi connectivity index (χ2v) is 13.5. The molecule has 1 aliphatic rings. The molecule has 1 aliphatic heterocycles. The maximum absolute atomic E-state index is 10.3. The Hall–Kier alpha value is 0.0400. The molecule has 158 valence electrons. The summed E-state index contributed by atoms with van der Waals surface area (Å²) in [6, 6.07) is 3.26. The molecular weight excluding hydrogens is 449 g/mol. The zero-order chi connectivity index (χ0) is 20.2. The van der Waals surface area contributed by atoms with Crippen molar-refractivity contribution in [3.8, 4) is 11.5 Å². The second kappa shape index (κ2) is 14.1. The van der Waals surface area contributed by atoms with Crippen molar-refractivity contribution in [3.63, 3.8) is 0 Å². The first-order valence-electron chi connectivity index (χ1n) is 9.87. The maximum Gasteiger partial charge on any atom is 0.170 e. The largest absolute Gasteiger partial charge is 0.507 e. The van der Waals surface area contributed by atoms with Gasteiger partial charge in [-0.1, -0.05) is 88.1 Å². The smallest absolute Gasteiger partial charge is 0.170 e. The monoisotopic (exact) mass is 478 g/mol. The number of benzene rings is 1. The number of hydrogen-bond acceptors (Lipinski definition) is 7. The van der Waals surface area contributed by atoms with Gasteiger partial charge in [-0.3, -0.25) is 0 Å². The van der Waals surface area contributed by atoms with Gasteiger partial charge in [0.1, 0.15) is 11.5 Å². The van der Waals surface area contributed by atoms with Crippen LogP contribution in [0.5, 0.6) is 11.5 Å². The van der Waals surface area contributed by atoms with Gasteiger partial charge >= 0.3 is 0 Å². The van der Waals surface area contributed by atoms with Crippen molar-refractivity contribution in [2.45, 2.75) is 80.9 Å². The van der Waals surface area contributed by atoms with E-state index in [1.165, 1.54) is 80.3 Å². The molecule has 1 aromatic rings. The Morgan fingerprint density at radius 3 is 2.11 bits per heavy atom. The van der Waals surface area contributed by atoms with E-state index in [1.54, 1.807) is 23.9 Å². The van der Waals surface area contributed by atoms with Crippen LogP contribution in [0, 0.1) is 0 Å². The van der Waals surface area contributed by atoms with E-state index in [0.717, 1.165) is 21.4 Å². The van der Waals surface area contributed by atoms with Crippen molar-refractivity contribution in [1.82, 2.24) is 0 Å². The molecule has 0 aromatic heterocycles. The van der Waals surface area contributed by atoms with Gasteiger partial charge in [0, 0.05) is 8.76 Å². The van der Waals surface area contributed by atoms with Gasteiger partial charge in [-0.25, -0.2) is 0 Å². The summed E-state index contributed by atoms with van der Waals surface area (Å²) in [7, 11) is 1.01. The van der Waals surface area contributed by atoms with Crippen molar-refractivity contribution in [1.29, 1.82) is 0 Å². The average molecular weight is 479 g/mol. The molecule has 1 atom stereocenters. The summed E-state index contributed by atoms with van der Waals surface area (Å²) in [5.41, 5.74) is 0. The number of unbranched alkanes of at least 4 members (excludes halogenated alkanes) is 9. The molecule has 9 heteroatoms. The van der Waals surface area contributed by atoms with E-state index in [1.807, 2.05) is 0 Å². The molecule has 0 saturated carbocycles. The lowest BCUT2D eigenvalue weighted by Crippen LogP contribution is -1.86. The Bertz CT molecular complexity index is 683. The Morgan fingerprint density at radius 1 is 0.929 bits per heavy atom. The first kappa shape index (κ1) is 24.3. The standard InChI is InChI=1S/C19H30N2O2S5/c1-2-3-4-5-6-7-8-9-10-11-12-25-17-13-16(23)18(14-15(17)22)26-19-20-21-28(24)27-19/h13-14,22-23H,2-12H2,1H3,(H,21,24). The van der Waals surface area contributed by atoms with Crippen molar-refractivity contribution in [2.24, 2.45) is 9.57 Å². The van der Waals surface area contributed by atoms with Gasteiger partial charge in [-0.05, 0) is 35.1 Å². The molecule has 0 amide bonds. The summed E-state index contributed by atoms with van der Waals surface area (Å²) in [6.45, 7) is 2.26. The highest BCUT2D eigenvalue weighted by Gasteiger charge is 2.16. The fraction of sp³-hybridized carbons (Fsp3) is 0.632. The summed E-state index contributed by atoms with van der Waals surface area (Å²) in [4.78, 5) is 1.33. The molecule has 2 rings (SSSR count). The zero-order valence-electron chi connectivity index (χ0n) is 16.3. The number of thiol groups is 1. The van der Waals surface area contributed by atoms with Crippen LogP contribution in [0.2, 0.25) is 0 Å². The minimum atomic E-state index is -0.441. The zero-order valence-corrected chi connectivity index (χ0v) is 20.5. The number of thioether (sulfide) groups is 2. The lowest BCUT2D eigenvalue weighted by molar-refractivity contribution is 0.439. The van der Waals surface area contributed by atoms with Gasteiger partial charge < -0.3 is 10.2 Å². The predicted molar refractivity (Wildman–Crippen MR) is 132 cm³/mol. The molecule has 28 heavy (non-hydrogen) atoms. The van der Waals surface area contributed by atoms with Gasteiger partial charge in [0.25, 0.3) is 0 Å². The van der Waals surface area contributed by atoms with E-state index in [-0.39, 0.29) is 11.5 Å². The van der Waals surface area contributed by atoms with Crippen LogP contribution in [0.3, 0.4) is 0 Å². The van der Waals surface area contributed by atoms with Crippen LogP contribution in [-0.2, 0) is 8.76 Å². The van der Waals surface area contributed by atoms with E-state index in [0.29, 0.717) is 4.90 Å². The maximum atomic E-state index is 10.3. The molecule has 0 radical (unpaired) electrons. The number of phenols is 2. The molecule has 2 N–H and O–H groups in total. The van der Waals surface area contributed by atoms with E-state index < -0.39 is 8.76 Å². The third-order valence-electron chi connectivity index (χ3n) is 4.33. The first-order valence-corrected chi connectivity index (χ1v) is 15.2. The summed E-state index contributed by atoms with van der Waals surface area (Å²) in [6.07, 6.45) is 13.2. The third-order valence-corrected chi connectivity index (χ3v) is 9.69. The molecule has 0 spiro atoms. The fourth-order valence-corrected chi connectivity index (χ4v) is 8.04. The van der Waals surface area contributed by atoms with E-state index in [4.69, 9.17) is 0 Å². The molecule has 0 saturated heterocycles. The minimum Gasteiger partial charge on any atom is -0.507 e. The summed E-state index contributed by atoms with van der Waals surface area (Å²) in [5.74, 6) is 1.34. The Balaban J connectivity index is 1.62. The third kappa shape index (κ3) is 9.24. The highest BCUT2D eigenvalue weighted by atomic mass is 33.5. The Labute approximate surface area is 188 Å². The molecule has 0 aliphatic carbocycles. The SMILES string of the molecule is CCCCCCCCCCCCSc1cc(O)c(SC2=NN=S(S)S2)cc1O. The fourth-order valence-electron chi connectivity index (χ4n) is 2.80. The second-order valence-electron chi connectivity index (χ2n) is 6.68. The Morgan fingerprint density at radius 2 is 1.50 bits per heavy atom. The number of nitrogens with zero attached hydrogens (tertiary/aromatic N) is 2. The van der Waals surface area contributed by atoms with Gasteiger partial charge in [0.2, 0.25) is 0 Å². The Kier molecular flexibility index (Phi) is 12.3. The van der Waals surface area contributed by atoms with Crippen molar-refractivity contribution in [3.05, 3.63) is 12.1 Å². The summed E-state index contributed by atoms with van der Waals surface area (Å²) < 4.78 is 4.69. The van der Waals surface area contributed by atoms with Crippen LogP contribution in [0.4, 0.5) is 0 Å². The topological polar surface area (TPSA) is 65.2 Å². The quantitative estimate of drug-likeness (QED) is 0.0888. The van der Waals surface area contributed by atoms with E-state index >= 15 is 0 Å². The van der Waals surface area contributed by atoms with E-state index in [9.17, 15) is 10.2 Å². The number of hydrogen-bond donors (Lipinski definition) is 3. The molecule has 1 unspecified atom stereocenters. The van der Waals surface area contributed by atoms with Crippen LogP contribution in [0.1, 0.15) is 71.1 Å². The number of phenolic OH excluding ortho intramolecular Hbond substituents is 2. The van der Waals surface area contributed by atoms with Crippen molar-refractivity contribution >= 4 is 59.1 Å². The first-order chi connectivity index (χ1) is 13.6. The molecule has 1 aromatic carbocycles. The molecule has 4 nitrogen and oxygen atoms in total. The summed E-state index contributed by atoms with van der Waals surface area (Å²) >= 11 is 7.17. The summed E-state index contributed by atoms with van der Waals surface area (Å²) in [5, 5.41) is 24.6. The molecular formula is C19H30N2O2S5. The van der Waals surface area contributed by atoms with Crippen LogP contribution in [0.25, 0.3) is 0 Å². The van der Waals surface area contributed by atoms with Crippen LogP contribution in [-0.4, -0.2) is 20.3 Å². The highest BCUT2D eigenvalue weighted by molar-refractivity contribution is 9.03. The number of rotatable bonds is 13. The van der Waals surface area contributed by atoms with Crippen LogP contribution < -0.4 is 0 Å². The van der Waals surface area contributed by atoms with Gasteiger partial charge in [0.15, 0.2) is 4.38 Å². The predicted octanol–water partition coefficient (Wildman–Crippen LogP) is 7.78. The van der Waals surface area contributed by atoms with Crippen LogP contribution >= 0.6 is 46.0 Å². The highest BCUT2D eigenvalue weighted by Crippen LogP contribution is 2.42. The minimum absolute atomic E-state index is 0.169. The lowest BCUT2D eigenvalue weighted by atomic mass is 10.1. The molecule has 0 fully saturated rings. The molecule has 0 bridgehead atoms. The molecule has 1 heterocycles. The van der Waals surface area contributed by atoms with Gasteiger partial charge in [0.05, 0.1) is 9.79 Å². The van der Waals surface area contributed by atoms with Gasteiger partial charge in [-0.2, -0.15) is 0 Å². The normalized spacial score (nSPS) is 16.2. The average Bonchev–Trinajstić information content (AvgIpc) is 3.08. The van der Waals surface area contributed by atoms with Gasteiger partial charge in [-0.15, -0.1) is 21.3 Å². The van der Waals surface area contributed by atoms with Crippen LogP contribution in [0.15, 0.2) is 31.5 Å².